The fraction of sp³-hybridized carbons (Fsp3) is 0.227. The van der Waals surface area contributed by atoms with E-state index < -0.39 is 16.9 Å². The summed E-state index contributed by atoms with van der Waals surface area (Å²) in [5.74, 6) is 0.722. The second kappa shape index (κ2) is 9.15. The zero-order chi connectivity index (χ0) is 22.7. The molecule has 2 aromatic heterocycles. The monoisotopic (exact) mass is 452 g/mol. The van der Waals surface area contributed by atoms with Crippen molar-refractivity contribution < 1.29 is 18.9 Å². The van der Waals surface area contributed by atoms with Gasteiger partial charge in [-0.15, -0.1) is 0 Å². The van der Waals surface area contributed by atoms with Crippen LogP contribution in [0.25, 0.3) is 11.3 Å². The normalized spacial score (nSPS) is 17.8. The van der Waals surface area contributed by atoms with Gasteiger partial charge in [-0.25, -0.2) is 0 Å². The van der Waals surface area contributed by atoms with Gasteiger partial charge in [0.2, 0.25) is 0 Å². The zero-order valence-electron chi connectivity index (χ0n) is 17.1. The van der Waals surface area contributed by atoms with Gasteiger partial charge in [-0.3, -0.25) is 19.9 Å². The molecule has 10 heteroatoms. The lowest BCUT2D eigenvalue weighted by Crippen LogP contribution is -2.35. The molecule has 0 saturated carbocycles. The molecule has 0 aliphatic carbocycles. The van der Waals surface area contributed by atoms with E-state index in [2.05, 4.69) is 10.3 Å². The molecule has 1 aromatic carbocycles. The fourth-order valence-electron chi connectivity index (χ4n) is 3.64. The van der Waals surface area contributed by atoms with Crippen molar-refractivity contribution in [1.82, 2.24) is 15.2 Å². The number of ether oxygens (including phenoxy) is 1. The summed E-state index contributed by atoms with van der Waals surface area (Å²) in [5.41, 5.74) is 1.45. The number of nitro benzene ring substituents is 1. The summed E-state index contributed by atoms with van der Waals surface area (Å²) in [6.45, 7) is 1.98. The van der Waals surface area contributed by atoms with Crippen LogP contribution in [-0.2, 0) is 9.53 Å². The summed E-state index contributed by atoms with van der Waals surface area (Å²) in [4.78, 5) is 28.9. The molecule has 1 fully saturated rings. The van der Waals surface area contributed by atoms with Crippen LogP contribution < -0.4 is 5.32 Å². The first kappa shape index (κ1) is 21.4. The summed E-state index contributed by atoms with van der Waals surface area (Å²) in [6.07, 6.45) is 1.69. The molecular weight excluding hydrogens is 432 g/mol. The third-order valence-corrected chi connectivity index (χ3v) is 5.44. The molecule has 4 rings (SSSR count). The quantitative estimate of drug-likeness (QED) is 0.248. The van der Waals surface area contributed by atoms with Crippen LogP contribution in [0.4, 0.5) is 5.69 Å². The number of esters is 1. The number of nitro groups is 1. The number of nitrogens with one attached hydrogen (secondary N) is 1. The maximum atomic E-state index is 12.2. The Hall–Kier alpha value is -3.79. The fourth-order valence-corrected chi connectivity index (χ4v) is 3.95. The van der Waals surface area contributed by atoms with Crippen LogP contribution in [0.2, 0.25) is 0 Å². The largest absolute Gasteiger partial charge is 0.465 e. The van der Waals surface area contributed by atoms with E-state index in [0.29, 0.717) is 22.2 Å². The number of carbonyl (C=O) groups is 1. The van der Waals surface area contributed by atoms with Gasteiger partial charge in [-0.05, 0) is 55.5 Å². The molecule has 1 aliphatic rings. The SMILES string of the molecule is CCOC(=O)CN1C(=S)N[C@H](c2ccccn2)[C@@H]1c1ccc(-c2ccc([N+](=O)[O-])cc2)o1. The van der Waals surface area contributed by atoms with E-state index in [0.717, 1.165) is 5.69 Å². The molecule has 0 amide bonds. The van der Waals surface area contributed by atoms with Gasteiger partial charge in [-0.2, -0.15) is 0 Å². The molecule has 1 saturated heterocycles. The van der Waals surface area contributed by atoms with Gasteiger partial charge in [0.25, 0.3) is 5.69 Å². The first-order chi connectivity index (χ1) is 15.5. The standard InChI is InChI=1S/C22H20N4O5S/c1-2-30-19(27)13-25-21(20(24-22(25)32)16-5-3-4-12-23-16)18-11-10-17(31-18)14-6-8-15(9-7-14)26(28)29/h3-12,20-21H,2,13H2,1H3,(H,24,32)/t20-,21+/m1/s1. The summed E-state index contributed by atoms with van der Waals surface area (Å²) >= 11 is 5.51. The minimum atomic E-state index is -0.451. The van der Waals surface area contributed by atoms with Crippen molar-refractivity contribution in [3.8, 4) is 11.3 Å². The Morgan fingerprint density at radius 3 is 2.69 bits per heavy atom. The molecule has 0 spiro atoms. The van der Waals surface area contributed by atoms with E-state index >= 15 is 0 Å². The maximum absolute atomic E-state index is 12.2. The van der Waals surface area contributed by atoms with Gasteiger partial charge in [0.15, 0.2) is 5.11 Å². The van der Waals surface area contributed by atoms with Crippen LogP contribution >= 0.6 is 12.2 Å². The first-order valence-corrected chi connectivity index (χ1v) is 10.4. The number of nitrogens with zero attached hydrogens (tertiary/aromatic N) is 3. The minimum absolute atomic E-state index is 0.00157. The van der Waals surface area contributed by atoms with Crippen LogP contribution in [0, 0.1) is 10.1 Å². The zero-order valence-corrected chi connectivity index (χ0v) is 18.0. The van der Waals surface area contributed by atoms with Crippen molar-refractivity contribution in [2.75, 3.05) is 13.2 Å². The highest BCUT2D eigenvalue weighted by Gasteiger charge is 2.42. The topological polar surface area (TPSA) is 111 Å². The molecule has 32 heavy (non-hydrogen) atoms. The molecule has 0 unspecified atom stereocenters. The third kappa shape index (κ3) is 4.30. The summed E-state index contributed by atoms with van der Waals surface area (Å²) in [6, 6.07) is 14.5. The number of hydrogen-bond donors (Lipinski definition) is 1. The summed E-state index contributed by atoms with van der Waals surface area (Å²) in [7, 11) is 0. The van der Waals surface area contributed by atoms with Crippen LogP contribution in [-0.4, -0.2) is 39.0 Å². The number of thiocarbonyl (C=S) groups is 1. The number of carbonyl (C=O) groups excluding carboxylic acids is 1. The van der Waals surface area contributed by atoms with E-state index in [1.165, 1.54) is 12.1 Å². The number of benzene rings is 1. The van der Waals surface area contributed by atoms with E-state index in [1.54, 1.807) is 36.2 Å². The van der Waals surface area contributed by atoms with Gasteiger partial charge < -0.3 is 19.4 Å². The number of hydrogen-bond acceptors (Lipinski definition) is 7. The Labute approximate surface area is 189 Å². The highest BCUT2D eigenvalue weighted by molar-refractivity contribution is 7.80. The maximum Gasteiger partial charge on any atom is 0.325 e. The first-order valence-electron chi connectivity index (χ1n) is 9.96. The molecule has 3 heterocycles. The third-order valence-electron chi connectivity index (χ3n) is 5.08. The van der Waals surface area contributed by atoms with Gasteiger partial charge in [0.05, 0.1) is 23.3 Å². The van der Waals surface area contributed by atoms with Crippen LogP contribution in [0.5, 0.6) is 0 Å². The van der Waals surface area contributed by atoms with Crippen molar-refractivity contribution in [2.24, 2.45) is 0 Å². The van der Waals surface area contributed by atoms with Crippen LogP contribution in [0.1, 0.15) is 30.5 Å². The van der Waals surface area contributed by atoms with Crippen LogP contribution in [0.3, 0.4) is 0 Å². The molecule has 2 atom stereocenters. The molecule has 164 valence electrons. The highest BCUT2D eigenvalue weighted by atomic mass is 32.1. The average Bonchev–Trinajstić information content (AvgIpc) is 3.40. The van der Waals surface area contributed by atoms with E-state index in [-0.39, 0.29) is 24.9 Å². The van der Waals surface area contributed by atoms with Crippen molar-refractivity contribution in [1.29, 1.82) is 0 Å². The molecule has 3 aromatic rings. The molecular formula is C22H20N4O5S. The van der Waals surface area contributed by atoms with Crippen LogP contribution in [0.15, 0.2) is 65.2 Å². The van der Waals surface area contributed by atoms with Gasteiger partial charge in [0.1, 0.15) is 24.1 Å². The Bertz CT molecular complexity index is 1130. The predicted molar refractivity (Wildman–Crippen MR) is 120 cm³/mol. The Morgan fingerprint density at radius 1 is 1.25 bits per heavy atom. The van der Waals surface area contributed by atoms with Crippen molar-refractivity contribution in [3.63, 3.8) is 0 Å². The lowest BCUT2D eigenvalue weighted by atomic mass is 10.0. The average molecular weight is 452 g/mol. The van der Waals surface area contributed by atoms with Crippen molar-refractivity contribution >= 4 is 29.0 Å². The second-order valence-corrected chi connectivity index (χ2v) is 7.45. The Morgan fingerprint density at radius 2 is 2.03 bits per heavy atom. The van der Waals surface area contributed by atoms with Gasteiger partial charge in [0, 0.05) is 23.9 Å². The number of rotatable bonds is 7. The predicted octanol–water partition coefficient (Wildman–Crippen LogP) is 3.79. The molecule has 1 N–H and O–H groups in total. The van der Waals surface area contributed by atoms with E-state index in [9.17, 15) is 14.9 Å². The van der Waals surface area contributed by atoms with Gasteiger partial charge >= 0.3 is 5.97 Å². The van der Waals surface area contributed by atoms with Gasteiger partial charge in [-0.1, -0.05) is 6.07 Å². The lowest BCUT2D eigenvalue weighted by molar-refractivity contribution is -0.384. The number of aromatic nitrogens is 1. The summed E-state index contributed by atoms with van der Waals surface area (Å²) in [5, 5.41) is 14.5. The summed E-state index contributed by atoms with van der Waals surface area (Å²) < 4.78 is 11.2. The number of non-ortho nitro benzene ring substituents is 1. The second-order valence-electron chi connectivity index (χ2n) is 7.07. The minimum Gasteiger partial charge on any atom is -0.465 e. The van der Waals surface area contributed by atoms with E-state index in [1.807, 2.05) is 24.3 Å². The van der Waals surface area contributed by atoms with E-state index in [4.69, 9.17) is 21.4 Å². The Kier molecular flexibility index (Phi) is 6.13. The van der Waals surface area contributed by atoms with Crippen molar-refractivity contribution in [2.45, 2.75) is 19.0 Å². The lowest BCUT2D eigenvalue weighted by Gasteiger charge is -2.25. The smallest absolute Gasteiger partial charge is 0.325 e. The Balaban J connectivity index is 1.68. The molecule has 0 radical (unpaired) electrons. The number of furan rings is 1. The highest BCUT2D eigenvalue weighted by Crippen LogP contribution is 2.40. The van der Waals surface area contributed by atoms with Crippen molar-refractivity contribution in [3.05, 3.63) is 82.4 Å². The molecule has 9 nitrogen and oxygen atoms in total. The number of pyridine rings is 1. The molecule has 0 bridgehead atoms. The molecule has 1 aliphatic heterocycles.